The molecule has 0 saturated heterocycles. The van der Waals surface area contributed by atoms with Crippen LogP contribution in [0.1, 0.15) is 99.4 Å². The summed E-state index contributed by atoms with van der Waals surface area (Å²) in [6, 6.07) is 3.42. The van der Waals surface area contributed by atoms with Crippen molar-refractivity contribution in [2.45, 2.75) is 83.5 Å². The van der Waals surface area contributed by atoms with Gasteiger partial charge in [-0.05, 0) is 112 Å². The second-order valence-corrected chi connectivity index (χ2v) is 11.8. The van der Waals surface area contributed by atoms with Crippen LogP contribution in [0.2, 0.25) is 0 Å². The van der Waals surface area contributed by atoms with Crippen molar-refractivity contribution < 1.29 is 13.9 Å². The molecule has 1 aromatic carbocycles. The molecule has 6 aliphatic carbocycles. The van der Waals surface area contributed by atoms with Gasteiger partial charge in [-0.25, -0.2) is 4.39 Å². The smallest absolute Gasteiger partial charge is 0.168 e. The van der Waals surface area contributed by atoms with Crippen LogP contribution in [0.5, 0.6) is 5.75 Å². The van der Waals surface area contributed by atoms with Gasteiger partial charge in [-0.2, -0.15) is 0 Å². The summed E-state index contributed by atoms with van der Waals surface area (Å²) in [6.45, 7) is 2.93. The fourth-order valence-electron chi connectivity index (χ4n) is 7.96. The van der Waals surface area contributed by atoms with Crippen LogP contribution in [0, 0.1) is 40.8 Å². The van der Waals surface area contributed by atoms with E-state index in [9.17, 15) is 4.79 Å². The van der Waals surface area contributed by atoms with E-state index in [0.29, 0.717) is 22.8 Å². The highest BCUT2D eigenvalue weighted by molar-refractivity contribution is 5.98. The number of halogens is 1. The predicted molar refractivity (Wildman–Crippen MR) is 115 cm³/mol. The normalized spacial score (nSPS) is 39.5. The van der Waals surface area contributed by atoms with Gasteiger partial charge < -0.3 is 4.74 Å². The summed E-state index contributed by atoms with van der Waals surface area (Å²) >= 11 is 0. The van der Waals surface area contributed by atoms with E-state index in [1.54, 1.807) is 6.07 Å². The quantitative estimate of drug-likeness (QED) is 0.476. The van der Waals surface area contributed by atoms with Crippen molar-refractivity contribution in [3.63, 3.8) is 0 Å². The first-order valence-corrected chi connectivity index (χ1v) is 12.5. The van der Waals surface area contributed by atoms with E-state index in [1.165, 1.54) is 38.5 Å². The maximum atomic E-state index is 15.1. The minimum absolute atomic E-state index is 0.000321. The number of ether oxygens (including phenoxy) is 1. The molecular formula is C27H35FO2. The highest BCUT2D eigenvalue weighted by atomic mass is 19.1. The van der Waals surface area contributed by atoms with Crippen molar-refractivity contribution in [2.75, 3.05) is 6.61 Å². The Hall–Kier alpha value is -1.38. The second-order valence-electron chi connectivity index (χ2n) is 11.8. The summed E-state index contributed by atoms with van der Waals surface area (Å²) in [5.74, 6) is 4.09. The SMILES string of the molecule is CC1CC[C@@H](C(=O)c2cc(C3CC3)c(OCC34CC5CC(CC(C5)C3)C4)cc2F)C1. The molecule has 4 bridgehead atoms. The molecule has 0 N–H and O–H groups in total. The number of rotatable bonds is 6. The topological polar surface area (TPSA) is 26.3 Å². The van der Waals surface area contributed by atoms with Crippen LogP contribution in [0.3, 0.4) is 0 Å². The Morgan fingerprint density at radius 2 is 1.67 bits per heavy atom. The molecule has 0 spiro atoms. The Bertz CT molecular complexity index is 819. The molecule has 0 amide bonds. The second kappa shape index (κ2) is 7.07. The van der Waals surface area contributed by atoms with E-state index >= 15 is 4.39 Å². The zero-order chi connectivity index (χ0) is 20.5. The third-order valence-electron chi connectivity index (χ3n) is 9.15. The monoisotopic (exact) mass is 410 g/mol. The van der Waals surface area contributed by atoms with Crippen LogP contribution < -0.4 is 4.74 Å². The molecule has 6 aliphatic rings. The van der Waals surface area contributed by atoms with Gasteiger partial charge in [0.05, 0.1) is 12.2 Å². The summed E-state index contributed by atoms with van der Waals surface area (Å²) in [7, 11) is 0. The van der Waals surface area contributed by atoms with Gasteiger partial charge in [0, 0.05) is 17.4 Å². The third-order valence-corrected chi connectivity index (χ3v) is 9.15. The molecule has 7 rings (SSSR count). The summed E-state index contributed by atoms with van der Waals surface area (Å²) in [6.07, 6.45) is 13.3. The predicted octanol–water partition coefficient (Wildman–Crippen LogP) is 6.92. The molecule has 0 heterocycles. The molecule has 2 atom stereocenters. The first-order chi connectivity index (χ1) is 14.5. The number of carbonyl (C=O) groups is 1. The molecule has 1 unspecified atom stereocenters. The van der Waals surface area contributed by atoms with E-state index in [4.69, 9.17) is 4.74 Å². The van der Waals surface area contributed by atoms with Crippen LogP contribution in [-0.2, 0) is 0 Å². The van der Waals surface area contributed by atoms with Gasteiger partial charge in [-0.1, -0.05) is 6.92 Å². The van der Waals surface area contributed by atoms with Crippen LogP contribution in [0.25, 0.3) is 0 Å². The molecule has 6 saturated carbocycles. The molecule has 2 nitrogen and oxygen atoms in total. The largest absolute Gasteiger partial charge is 0.493 e. The first-order valence-electron chi connectivity index (χ1n) is 12.5. The fraction of sp³-hybridized carbons (Fsp3) is 0.741. The van der Waals surface area contributed by atoms with Crippen molar-refractivity contribution >= 4 is 5.78 Å². The Balaban J connectivity index is 1.23. The Morgan fingerprint density at radius 1 is 1.00 bits per heavy atom. The molecule has 0 aromatic heterocycles. The average molecular weight is 411 g/mol. The van der Waals surface area contributed by atoms with E-state index in [-0.39, 0.29) is 17.5 Å². The Labute approximate surface area is 180 Å². The molecule has 3 heteroatoms. The zero-order valence-electron chi connectivity index (χ0n) is 18.3. The fourth-order valence-corrected chi connectivity index (χ4v) is 7.96. The van der Waals surface area contributed by atoms with Crippen molar-refractivity contribution in [1.29, 1.82) is 0 Å². The van der Waals surface area contributed by atoms with E-state index in [2.05, 4.69) is 6.92 Å². The number of hydrogen-bond donors (Lipinski definition) is 0. The average Bonchev–Trinajstić information content (AvgIpc) is 3.45. The van der Waals surface area contributed by atoms with Gasteiger partial charge in [-0.15, -0.1) is 0 Å². The van der Waals surface area contributed by atoms with Gasteiger partial charge in [0.1, 0.15) is 11.6 Å². The van der Waals surface area contributed by atoms with E-state index < -0.39 is 0 Å². The number of hydrogen-bond acceptors (Lipinski definition) is 2. The Kier molecular flexibility index (Phi) is 4.55. The summed E-state index contributed by atoms with van der Waals surface area (Å²) in [5, 5.41) is 0. The van der Waals surface area contributed by atoms with Crippen molar-refractivity contribution in [3.05, 3.63) is 29.1 Å². The number of ketones is 1. The van der Waals surface area contributed by atoms with Gasteiger partial charge in [0.15, 0.2) is 5.78 Å². The van der Waals surface area contributed by atoms with Crippen LogP contribution in [0.15, 0.2) is 12.1 Å². The van der Waals surface area contributed by atoms with Gasteiger partial charge in [0.2, 0.25) is 0 Å². The molecule has 1 aromatic rings. The maximum Gasteiger partial charge on any atom is 0.168 e. The summed E-state index contributed by atoms with van der Waals surface area (Å²) in [5.41, 5.74) is 1.73. The highest BCUT2D eigenvalue weighted by Gasteiger charge is 2.51. The standard InChI is InChI=1S/C27H35FO2/c1-16-2-3-21(6-16)26(29)23-10-22(20-4-5-20)25(11-24(23)28)30-15-27-12-17-7-18(13-27)9-19(8-17)14-27/h10-11,16-21H,2-9,12-15H2,1H3/t16?,17?,18?,19?,21-,27?/m1/s1. The lowest BCUT2D eigenvalue weighted by Crippen LogP contribution is -2.48. The van der Waals surface area contributed by atoms with Gasteiger partial charge in [0.25, 0.3) is 0 Å². The minimum Gasteiger partial charge on any atom is -0.493 e. The summed E-state index contributed by atoms with van der Waals surface area (Å²) in [4.78, 5) is 13.0. The molecule has 6 fully saturated rings. The molecule has 162 valence electrons. The number of carbonyl (C=O) groups excluding carboxylic acids is 1. The minimum atomic E-state index is -0.371. The highest BCUT2D eigenvalue weighted by Crippen LogP contribution is 2.60. The van der Waals surface area contributed by atoms with Crippen LogP contribution >= 0.6 is 0 Å². The lowest BCUT2D eigenvalue weighted by Gasteiger charge is -2.56. The molecule has 0 radical (unpaired) electrons. The first kappa shape index (κ1) is 19.3. The van der Waals surface area contributed by atoms with Crippen molar-refractivity contribution in [2.24, 2.45) is 35.0 Å². The molecular weight excluding hydrogens is 375 g/mol. The Morgan fingerprint density at radius 3 is 2.23 bits per heavy atom. The molecule has 0 aliphatic heterocycles. The van der Waals surface area contributed by atoms with Crippen molar-refractivity contribution in [1.82, 2.24) is 0 Å². The van der Waals surface area contributed by atoms with Gasteiger partial charge >= 0.3 is 0 Å². The molecule has 30 heavy (non-hydrogen) atoms. The third kappa shape index (κ3) is 3.41. The van der Waals surface area contributed by atoms with Gasteiger partial charge in [-0.3, -0.25) is 4.79 Å². The van der Waals surface area contributed by atoms with Crippen LogP contribution in [0.4, 0.5) is 4.39 Å². The lowest BCUT2D eigenvalue weighted by atomic mass is 9.50. The maximum absolute atomic E-state index is 15.1. The summed E-state index contributed by atoms with van der Waals surface area (Å²) < 4.78 is 21.5. The number of Topliss-reactive ketones (excluding diaryl/α,β-unsaturated/α-hetero) is 1. The van der Waals surface area contributed by atoms with E-state index in [1.807, 2.05) is 6.07 Å². The number of benzene rings is 1. The lowest BCUT2D eigenvalue weighted by molar-refractivity contribution is -0.0747. The van der Waals surface area contributed by atoms with E-state index in [0.717, 1.165) is 67.8 Å². The zero-order valence-corrected chi connectivity index (χ0v) is 18.3. The van der Waals surface area contributed by atoms with Crippen molar-refractivity contribution in [3.8, 4) is 5.75 Å². The van der Waals surface area contributed by atoms with Crippen LogP contribution in [-0.4, -0.2) is 12.4 Å².